The molecule has 0 amide bonds. The van der Waals surface area contributed by atoms with E-state index in [1.807, 2.05) is 0 Å². The normalized spacial score (nSPS) is 11.2. The van der Waals surface area contributed by atoms with Crippen molar-refractivity contribution in [2.75, 3.05) is 11.8 Å². The van der Waals surface area contributed by atoms with Crippen molar-refractivity contribution in [3.63, 3.8) is 0 Å². The first-order valence-corrected chi connectivity index (χ1v) is 8.54. The highest BCUT2D eigenvalue weighted by Gasteiger charge is 2.15. The molecule has 0 radical (unpaired) electrons. The van der Waals surface area contributed by atoms with E-state index in [-0.39, 0.29) is 4.90 Å². The predicted octanol–water partition coefficient (Wildman–Crippen LogP) is 2.85. The Bertz CT molecular complexity index is 949. The molecule has 24 heavy (non-hydrogen) atoms. The van der Waals surface area contributed by atoms with Crippen LogP contribution in [-0.4, -0.2) is 25.7 Å². The van der Waals surface area contributed by atoms with Gasteiger partial charge in [-0.25, -0.2) is 8.42 Å². The van der Waals surface area contributed by atoms with Crippen LogP contribution >= 0.6 is 0 Å². The van der Waals surface area contributed by atoms with E-state index in [1.165, 1.54) is 19.2 Å². The van der Waals surface area contributed by atoms with E-state index < -0.39 is 10.0 Å². The zero-order valence-electron chi connectivity index (χ0n) is 13.1. The molecule has 0 aliphatic rings. The van der Waals surface area contributed by atoms with Crippen LogP contribution < -0.4 is 9.46 Å². The molecular formula is C16H15N3O4S. The average molecular weight is 345 g/mol. The lowest BCUT2D eigenvalue weighted by atomic mass is 10.2. The van der Waals surface area contributed by atoms with Gasteiger partial charge in [-0.1, -0.05) is 6.07 Å². The van der Waals surface area contributed by atoms with Gasteiger partial charge in [-0.2, -0.15) is 0 Å². The Morgan fingerprint density at radius 3 is 2.46 bits per heavy atom. The molecule has 0 saturated heterocycles. The van der Waals surface area contributed by atoms with Crippen LogP contribution in [0.1, 0.15) is 5.89 Å². The molecule has 0 aliphatic carbocycles. The fraction of sp³-hybridized carbons (Fsp3) is 0.125. The second kappa shape index (κ2) is 6.32. The summed E-state index contributed by atoms with van der Waals surface area (Å²) in [6.45, 7) is 1.69. The maximum Gasteiger partial charge on any atom is 0.261 e. The van der Waals surface area contributed by atoms with Gasteiger partial charge in [0, 0.05) is 18.2 Å². The summed E-state index contributed by atoms with van der Waals surface area (Å²) >= 11 is 0. The van der Waals surface area contributed by atoms with E-state index in [2.05, 4.69) is 14.9 Å². The van der Waals surface area contributed by atoms with Crippen molar-refractivity contribution >= 4 is 15.7 Å². The first-order valence-electron chi connectivity index (χ1n) is 7.05. The topological polar surface area (TPSA) is 94.3 Å². The van der Waals surface area contributed by atoms with Crippen LogP contribution in [0.3, 0.4) is 0 Å². The molecule has 1 heterocycles. The SMILES string of the molecule is COc1ccc(S(=O)(=O)Nc2cccc(-c3nnc(C)o3)c2)cc1. The molecule has 1 aromatic heterocycles. The summed E-state index contributed by atoms with van der Waals surface area (Å²) in [7, 11) is -2.18. The number of hydrogen-bond donors (Lipinski definition) is 1. The quantitative estimate of drug-likeness (QED) is 0.764. The van der Waals surface area contributed by atoms with Gasteiger partial charge in [0.15, 0.2) is 0 Å². The third-order valence-electron chi connectivity index (χ3n) is 3.26. The van der Waals surface area contributed by atoms with Crippen molar-refractivity contribution in [1.82, 2.24) is 10.2 Å². The third-order valence-corrected chi connectivity index (χ3v) is 4.65. The number of nitrogens with zero attached hydrogens (tertiary/aromatic N) is 2. The number of anilines is 1. The van der Waals surface area contributed by atoms with Crippen molar-refractivity contribution in [2.45, 2.75) is 11.8 Å². The molecule has 1 N–H and O–H groups in total. The molecule has 0 bridgehead atoms. The molecule has 0 fully saturated rings. The summed E-state index contributed by atoms with van der Waals surface area (Å²) in [5, 5.41) is 7.69. The van der Waals surface area contributed by atoms with Crippen molar-refractivity contribution < 1.29 is 17.6 Å². The maximum absolute atomic E-state index is 12.4. The zero-order valence-corrected chi connectivity index (χ0v) is 13.9. The van der Waals surface area contributed by atoms with Gasteiger partial charge in [-0.05, 0) is 42.5 Å². The number of benzene rings is 2. The maximum atomic E-state index is 12.4. The Balaban J connectivity index is 1.87. The summed E-state index contributed by atoms with van der Waals surface area (Å²) in [6, 6.07) is 12.9. The minimum absolute atomic E-state index is 0.141. The minimum atomic E-state index is -3.70. The van der Waals surface area contributed by atoms with Gasteiger partial charge in [0.2, 0.25) is 11.8 Å². The summed E-state index contributed by atoms with van der Waals surface area (Å²) in [5.41, 5.74) is 1.03. The Morgan fingerprint density at radius 1 is 1.08 bits per heavy atom. The number of nitrogens with one attached hydrogen (secondary N) is 1. The van der Waals surface area contributed by atoms with E-state index in [0.717, 1.165) is 0 Å². The molecular weight excluding hydrogens is 330 g/mol. The van der Waals surface area contributed by atoms with Gasteiger partial charge in [-0.3, -0.25) is 4.72 Å². The summed E-state index contributed by atoms with van der Waals surface area (Å²) in [6.07, 6.45) is 0. The fourth-order valence-electron chi connectivity index (χ4n) is 2.10. The number of sulfonamides is 1. The Hall–Kier alpha value is -2.87. The van der Waals surface area contributed by atoms with E-state index >= 15 is 0 Å². The second-order valence-corrected chi connectivity index (χ2v) is 6.67. The third kappa shape index (κ3) is 3.38. The molecule has 0 atom stereocenters. The standard InChI is InChI=1S/C16H15N3O4S/c1-11-17-18-16(23-11)12-4-3-5-13(10-12)19-24(20,21)15-8-6-14(22-2)7-9-15/h3-10,19H,1-2H3. The van der Waals surface area contributed by atoms with Crippen LogP contribution in [0.25, 0.3) is 11.5 Å². The van der Waals surface area contributed by atoms with Crippen molar-refractivity contribution in [1.29, 1.82) is 0 Å². The molecule has 3 aromatic rings. The number of ether oxygens (including phenoxy) is 1. The number of aryl methyl sites for hydroxylation is 1. The summed E-state index contributed by atoms with van der Waals surface area (Å²) < 4.78 is 37.8. The fourth-order valence-corrected chi connectivity index (χ4v) is 3.15. The lowest BCUT2D eigenvalue weighted by Crippen LogP contribution is -2.12. The number of rotatable bonds is 5. The minimum Gasteiger partial charge on any atom is -0.497 e. The van der Waals surface area contributed by atoms with Crippen LogP contribution in [0, 0.1) is 6.92 Å². The number of methoxy groups -OCH3 is 1. The molecule has 124 valence electrons. The number of aromatic nitrogens is 2. The largest absolute Gasteiger partial charge is 0.497 e. The van der Waals surface area contributed by atoms with Gasteiger partial charge in [0.1, 0.15) is 5.75 Å². The van der Waals surface area contributed by atoms with E-state index in [1.54, 1.807) is 43.3 Å². The van der Waals surface area contributed by atoms with Crippen LogP contribution in [0.4, 0.5) is 5.69 Å². The van der Waals surface area contributed by atoms with Gasteiger partial charge in [-0.15, -0.1) is 10.2 Å². The molecule has 3 rings (SSSR count). The summed E-state index contributed by atoms with van der Waals surface area (Å²) in [5.74, 6) is 1.36. The molecule has 0 saturated carbocycles. The highest BCUT2D eigenvalue weighted by molar-refractivity contribution is 7.92. The molecule has 8 heteroatoms. The zero-order chi connectivity index (χ0) is 17.2. The smallest absolute Gasteiger partial charge is 0.261 e. The Labute approximate surface area is 139 Å². The first kappa shape index (κ1) is 16.0. The van der Waals surface area contributed by atoms with Crippen molar-refractivity contribution in [2.24, 2.45) is 0 Å². The van der Waals surface area contributed by atoms with Gasteiger partial charge in [0.05, 0.1) is 12.0 Å². The predicted molar refractivity (Wildman–Crippen MR) is 88.3 cm³/mol. The molecule has 2 aromatic carbocycles. The van der Waals surface area contributed by atoms with Crippen molar-refractivity contribution in [3.8, 4) is 17.2 Å². The van der Waals surface area contributed by atoms with Crippen LogP contribution in [0.15, 0.2) is 57.8 Å². The highest BCUT2D eigenvalue weighted by Crippen LogP contribution is 2.24. The van der Waals surface area contributed by atoms with Crippen molar-refractivity contribution in [3.05, 3.63) is 54.4 Å². The molecule has 0 spiro atoms. The van der Waals surface area contributed by atoms with E-state index in [4.69, 9.17) is 9.15 Å². The Kier molecular flexibility index (Phi) is 4.22. The average Bonchev–Trinajstić information content (AvgIpc) is 3.01. The van der Waals surface area contributed by atoms with Crippen LogP contribution in [-0.2, 0) is 10.0 Å². The first-order chi connectivity index (χ1) is 11.5. The van der Waals surface area contributed by atoms with Gasteiger partial charge in [0.25, 0.3) is 10.0 Å². The second-order valence-electron chi connectivity index (χ2n) is 4.99. The van der Waals surface area contributed by atoms with E-state index in [0.29, 0.717) is 28.8 Å². The molecule has 7 nitrogen and oxygen atoms in total. The molecule has 0 aliphatic heterocycles. The number of hydrogen-bond acceptors (Lipinski definition) is 6. The Morgan fingerprint density at radius 2 is 1.83 bits per heavy atom. The lowest BCUT2D eigenvalue weighted by molar-refractivity contribution is 0.414. The molecule has 0 unspecified atom stereocenters. The summed E-state index contributed by atoms with van der Waals surface area (Å²) in [4.78, 5) is 0.141. The van der Waals surface area contributed by atoms with Crippen LogP contribution in [0.2, 0.25) is 0 Å². The van der Waals surface area contributed by atoms with Gasteiger partial charge >= 0.3 is 0 Å². The monoisotopic (exact) mass is 345 g/mol. The highest BCUT2D eigenvalue weighted by atomic mass is 32.2. The van der Waals surface area contributed by atoms with Crippen LogP contribution in [0.5, 0.6) is 5.75 Å². The lowest BCUT2D eigenvalue weighted by Gasteiger charge is -2.09. The van der Waals surface area contributed by atoms with E-state index in [9.17, 15) is 8.42 Å². The van der Waals surface area contributed by atoms with Gasteiger partial charge < -0.3 is 9.15 Å².